The van der Waals surface area contributed by atoms with E-state index in [9.17, 15) is 0 Å². The second-order valence-electron chi connectivity index (χ2n) is 5.92. The van der Waals surface area contributed by atoms with Crippen molar-refractivity contribution in [2.45, 2.75) is 25.0 Å². The molecule has 5 atom stereocenters. The van der Waals surface area contributed by atoms with Gasteiger partial charge in [0.2, 0.25) is 0 Å². The molecule has 2 saturated carbocycles. The molecule has 4 rings (SSSR count). The molecule has 19 heavy (non-hydrogen) atoms. The molecule has 1 heterocycles. The number of anilines is 1. The van der Waals surface area contributed by atoms with E-state index in [0.29, 0.717) is 12.2 Å². The predicted octanol–water partition coefficient (Wildman–Crippen LogP) is 2.40. The summed E-state index contributed by atoms with van der Waals surface area (Å²) >= 11 is 5.34. The zero-order valence-electron chi connectivity index (χ0n) is 10.7. The molecular formula is C15H18N2OS. The van der Waals surface area contributed by atoms with Crippen LogP contribution in [0.1, 0.15) is 12.8 Å². The molecular weight excluding hydrogens is 256 g/mol. The summed E-state index contributed by atoms with van der Waals surface area (Å²) in [6.45, 7) is 0.979. The molecule has 0 unspecified atom stereocenters. The maximum absolute atomic E-state index is 5.70. The first-order valence-electron chi connectivity index (χ1n) is 7.06. The number of benzene rings is 1. The minimum absolute atomic E-state index is 0.584. The van der Waals surface area contributed by atoms with Gasteiger partial charge in [0, 0.05) is 12.2 Å². The summed E-state index contributed by atoms with van der Waals surface area (Å²) in [5, 5.41) is 7.31. The number of ether oxygens (including phenoxy) is 1. The molecule has 1 aromatic carbocycles. The van der Waals surface area contributed by atoms with Gasteiger partial charge in [0.25, 0.3) is 0 Å². The van der Waals surface area contributed by atoms with Gasteiger partial charge >= 0.3 is 0 Å². The Kier molecular flexibility index (Phi) is 2.74. The third-order valence-corrected chi connectivity index (χ3v) is 5.04. The van der Waals surface area contributed by atoms with E-state index < -0.39 is 0 Å². The van der Waals surface area contributed by atoms with Gasteiger partial charge in [-0.15, -0.1) is 0 Å². The lowest BCUT2D eigenvalue weighted by Crippen LogP contribution is -2.35. The highest BCUT2D eigenvalue weighted by molar-refractivity contribution is 7.80. The van der Waals surface area contributed by atoms with E-state index in [0.717, 1.165) is 35.1 Å². The molecule has 0 aromatic heterocycles. The molecule has 2 bridgehead atoms. The van der Waals surface area contributed by atoms with Gasteiger partial charge in [-0.1, -0.05) is 18.2 Å². The summed E-state index contributed by atoms with van der Waals surface area (Å²) in [5.41, 5.74) is 1.04. The molecule has 3 nitrogen and oxygen atoms in total. The van der Waals surface area contributed by atoms with Crippen LogP contribution in [-0.2, 0) is 4.74 Å². The number of nitrogens with one attached hydrogen (secondary N) is 2. The molecule has 2 aliphatic carbocycles. The molecule has 3 aliphatic rings. The second kappa shape index (κ2) is 4.46. The van der Waals surface area contributed by atoms with Crippen LogP contribution in [0.15, 0.2) is 30.3 Å². The first kappa shape index (κ1) is 11.7. The van der Waals surface area contributed by atoms with Gasteiger partial charge < -0.3 is 15.4 Å². The van der Waals surface area contributed by atoms with Crippen LogP contribution in [0.3, 0.4) is 0 Å². The molecule has 1 aromatic rings. The number of hydrogen-bond donors (Lipinski definition) is 2. The average molecular weight is 274 g/mol. The molecule has 1 aliphatic heterocycles. The average Bonchev–Trinajstić information content (AvgIpc) is 3.04. The number of epoxide rings is 1. The van der Waals surface area contributed by atoms with Crippen LogP contribution in [0.4, 0.5) is 5.69 Å². The van der Waals surface area contributed by atoms with Crippen molar-refractivity contribution in [2.24, 2.45) is 17.8 Å². The summed E-state index contributed by atoms with van der Waals surface area (Å²) in [5.74, 6) is 2.35. The lowest BCUT2D eigenvalue weighted by Gasteiger charge is -2.20. The van der Waals surface area contributed by atoms with Gasteiger partial charge in [0.15, 0.2) is 5.11 Å². The van der Waals surface area contributed by atoms with Crippen molar-refractivity contribution in [3.8, 4) is 0 Å². The van der Waals surface area contributed by atoms with E-state index in [4.69, 9.17) is 17.0 Å². The van der Waals surface area contributed by atoms with E-state index in [1.54, 1.807) is 0 Å². The van der Waals surface area contributed by atoms with Crippen molar-refractivity contribution in [3.05, 3.63) is 30.3 Å². The fourth-order valence-electron chi connectivity index (χ4n) is 3.89. The SMILES string of the molecule is S=C(NC[C@@H]1C[C@H]2C[C@H]1[C@@H]1O[C@@H]21)Nc1ccccc1. The number of thiocarbonyl (C=S) groups is 1. The number of hydrogen-bond acceptors (Lipinski definition) is 2. The Morgan fingerprint density at radius 1 is 1.21 bits per heavy atom. The zero-order valence-corrected chi connectivity index (χ0v) is 11.5. The van der Waals surface area contributed by atoms with E-state index >= 15 is 0 Å². The highest BCUT2D eigenvalue weighted by Crippen LogP contribution is 2.58. The quantitative estimate of drug-likeness (QED) is 0.655. The van der Waals surface area contributed by atoms with Crippen LogP contribution in [0.2, 0.25) is 0 Å². The maximum atomic E-state index is 5.70. The standard InChI is InChI=1S/C15H18N2OS/c19-15(17-11-4-2-1-3-5-11)16-8-10-6-9-7-12(10)14-13(9)18-14/h1-5,9-10,12-14H,6-8H2,(H2,16,17,19)/t9-,10-,12+,13-,14-/m0/s1. The van der Waals surface area contributed by atoms with E-state index in [-0.39, 0.29) is 0 Å². The van der Waals surface area contributed by atoms with E-state index in [2.05, 4.69) is 10.6 Å². The summed E-state index contributed by atoms with van der Waals surface area (Å²) in [6, 6.07) is 10.1. The third kappa shape index (κ3) is 2.13. The third-order valence-electron chi connectivity index (χ3n) is 4.79. The molecule has 4 heteroatoms. The lowest BCUT2D eigenvalue weighted by atomic mass is 9.89. The van der Waals surface area contributed by atoms with Gasteiger partial charge in [0.05, 0.1) is 12.2 Å². The summed E-state index contributed by atoms with van der Waals surface area (Å²) in [4.78, 5) is 0. The Labute approximate surface area is 118 Å². The molecule has 100 valence electrons. The molecule has 0 amide bonds. The van der Waals surface area contributed by atoms with Crippen molar-refractivity contribution in [3.63, 3.8) is 0 Å². The van der Waals surface area contributed by atoms with Crippen molar-refractivity contribution >= 4 is 23.0 Å². The Morgan fingerprint density at radius 3 is 2.79 bits per heavy atom. The minimum atomic E-state index is 0.584. The largest absolute Gasteiger partial charge is 0.369 e. The lowest BCUT2D eigenvalue weighted by molar-refractivity contribution is 0.250. The maximum Gasteiger partial charge on any atom is 0.170 e. The number of para-hydroxylation sites is 1. The van der Waals surface area contributed by atoms with Gasteiger partial charge in [-0.05, 0) is 54.9 Å². The van der Waals surface area contributed by atoms with Crippen LogP contribution < -0.4 is 10.6 Å². The fraction of sp³-hybridized carbons (Fsp3) is 0.533. The van der Waals surface area contributed by atoms with Crippen LogP contribution in [0, 0.1) is 17.8 Å². The Hall–Kier alpha value is -1.13. The minimum Gasteiger partial charge on any atom is -0.369 e. The van der Waals surface area contributed by atoms with Crippen molar-refractivity contribution in [2.75, 3.05) is 11.9 Å². The first-order valence-corrected chi connectivity index (χ1v) is 7.47. The van der Waals surface area contributed by atoms with Gasteiger partial charge in [-0.25, -0.2) is 0 Å². The number of fused-ring (bicyclic) bond motifs is 5. The Balaban J connectivity index is 1.28. The Morgan fingerprint density at radius 2 is 2.05 bits per heavy atom. The number of rotatable bonds is 3. The Bertz CT molecular complexity index is 492. The zero-order chi connectivity index (χ0) is 12.8. The summed E-state index contributed by atoms with van der Waals surface area (Å²) < 4.78 is 5.70. The fourth-order valence-corrected chi connectivity index (χ4v) is 4.09. The first-order chi connectivity index (χ1) is 9.31. The van der Waals surface area contributed by atoms with Crippen molar-refractivity contribution < 1.29 is 4.74 Å². The molecule has 2 N–H and O–H groups in total. The van der Waals surface area contributed by atoms with Gasteiger partial charge in [0.1, 0.15) is 0 Å². The topological polar surface area (TPSA) is 36.6 Å². The highest BCUT2D eigenvalue weighted by Gasteiger charge is 2.62. The van der Waals surface area contributed by atoms with Crippen LogP contribution >= 0.6 is 12.2 Å². The predicted molar refractivity (Wildman–Crippen MR) is 79.0 cm³/mol. The molecule has 0 radical (unpaired) electrons. The molecule has 0 spiro atoms. The van der Waals surface area contributed by atoms with Gasteiger partial charge in [-0.3, -0.25) is 0 Å². The summed E-state index contributed by atoms with van der Waals surface area (Å²) in [7, 11) is 0. The van der Waals surface area contributed by atoms with Crippen LogP contribution in [-0.4, -0.2) is 23.9 Å². The monoisotopic (exact) mass is 274 g/mol. The highest BCUT2D eigenvalue weighted by atomic mass is 32.1. The molecule has 3 fully saturated rings. The van der Waals surface area contributed by atoms with Crippen molar-refractivity contribution in [1.82, 2.24) is 5.32 Å². The van der Waals surface area contributed by atoms with E-state index in [1.807, 2.05) is 30.3 Å². The summed E-state index contributed by atoms with van der Waals surface area (Å²) in [6.07, 6.45) is 3.89. The normalized spacial score (nSPS) is 37.8. The smallest absolute Gasteiger partial charge is 0.170 e. The van der Waals surface area contributed by atoms with Crippen LogP contribution in [0.25, 0.3) is 0 Å². The van der Waals surface area contributed by atoms with E-state index in [1.165, 1.54) is 12.8 Å². The van der Waals surface area contributed by atoms with Crippen molar-refractivity contribution in [1.29, 1.82) is 0 Å². The van der Waals surface area contributed by atoms with Gasteiger partial charge in [-0.2, -0.15) is 0 Å². The van der Waals surface area contributed by atoms with Crippen LogP contribution in [0.5, 0.6) is 0 Å². The molecule has 1 saturated heterocycles. The second-order valence-corrected chi connectivity index (χ2v) is 6.33.